The number of carboxylic acids is 2. The minimum Gasteiger partial charge on any atom is -0.479 e. The van der Waals surface area contributed by atoms with E-state index in [0.717, 1.165) is 17.5 Å². The van der Waals surface area contributed by atoms with Gasteiger partial charge in [0.15, 0.2) is 18.1 Å². The largest absolute Gasteiger partial charge is 0.479 e. The molecule has 0 saturated heterocycles. The maximum absolute atomic E-state index is 12.4. The SMILES string of the molecule is CCC(CC)(Oc1ccc(CCNCc2cc3c(s2)CCN(C(=O)OC(C)(C)C)C3)cc1OCC(=O)O)C(=O)O. The van der Waals surface area contributed by atoms with Gasteiger partial charge in [0, 0.05) is 22.8 Å². The van der Waals surface area contributed by atoms with E-state index in [4.69, 9.17) is 19.3 Å². The number of amides is 1. The number of hydrogen-bond acceptors (Lipinski definition) is 8. The second kappa shape index (κ2) is 13.4. The Kier molecular flexibility index (Phi) is 10.4. The normalized spacial score (nSPS) is 13.5. The van der Waals surface area contributed by atoms with Crippen molar-refractivity contribution in [3.63, 3.8) is 0 Å². The highest BCUT2D eigenvalue weighted by Crippen LogP contribution is 2.34. The van der Waals surface area contributed by atoms with Crippen molar-refractivity contribution >= 4 is 29.4 Å². The molecule has 0 fully saturated rings. The third-order valence-corrected chi connectivity index (χ3v) is 7.89. The second-order valence-electron chi connectivity index (χ2n) is 10.8. The zero-order chi connectivity index (χ0) is 29.5. The van der Waals surface area contributed by atoms with Gasteiger partial charge in [-0.3, -0.25) is 0 Å². The average Bonchev–Trinajstić information content (AvgIpc) is 3.30. The molecule has 10 nitrogen and oxygen atoms in total. The topological polar surface area (TPSA) is 135 Å². The number of benzene rings is 1. The second-order valence-corrected chi connectivity index (χ2v) is 12.0. The highest BCUT2D eigenvalue weighted by atomic mass is 32.1. The van der Waals surface area contributed by atoms with Crippen molar-refractivity contribution in [1.82, 2.24) is 10.2 Å². The Morgan fingerprint density at radius 1 is 1.07 bits per heavy atom. The molecule has 220 valence electrons. The average molecular weight is 577 g/mol. The minimum atomic E-state index is -1.42. The van der Waals surface area contributed by atoms with E-state index < -0.39 is 29.7 Å². The van der Waals surface area contributed by atoms with Gasteiger partial charge in [0.1, 0.15) is 5.60 Å². The summed E-state index contributed by atoms with van der Waals surface area (Å²) in [6.45, 7) is 11.0. The summed E-state index contributed by atoms with van der Waals surface area (Å²) in [5.41, 5.74) is 0.110. The maximum atomic E-state index is 12.4. The Hall–Kier alpha value is -3.31. The maximum Gasteiger partial charge on any atom is 0.410 e. The molecule has 2 heterocycles. The van der Waals surface area contributed by atoms with Crippen molar-refractivity contribution in [3.8, 4) is 11.5 Å². The van der Waals surface area contributed by atoms with Gasteiger partial charge in [-0.15, -0.1) is 11.3 Å². The van der Waals surface area contributed by atoms with Gasteiger partial charge < -0.3 is 34.6 Å². The van der Waals surface area contributed by atoms with Crippen molar-refractivity contribution in [3.05, 3.63) is 45.1 Å². The van der Waals surface area contributed by atoms with E-state index in [-0.39, 0.29) is 30.4 Å². The fourth-order valence-corrected chi connectivity index (χ4v) is 5.54. The van der Waals surface area contributed by atoms with E-state index in [1.165, 1.54) is 9.75 Å². The number of carbonyl (C=O) groups is 3. The Morgan fingerprint density at radius 3 is 2.42 bits per heavy atom. The lowest BCUT2D eigenvalue weighted by Crippen LogP contribution is -2.43. The molecule has 0 aliphatic carbocycles. The van der Waals surface area contributed by atoms with Crippen molar-refractivity contribution < 1.29 is 38.8 Å². The summed E-state index contributed by atoms with van der Waals surface area (Å²) in [6, 6.07) is 7.31. The first-order chi connectivity index (χ1) is 18.9. The summed E-state index contributed by atoms with van der Waals surface area (Å²) in [7, 11) is 0. The summed E-state index contributed by atoms with van der Waals surface area (Å²) in [4.78, 5) is 39.7. The van der Waals surface area contributed by atoms with Gasteiger partial charge >= 0.3 is 18.0 Å². The van der Waals surface area contributed by atoms with E-state index in [1.807, 2.05) is 26.8 Å². The number of nitrogens with zero attached hydrogens (tertiary/aromatic N) is 1. The van der Waals surface area contributed by atoms with Crippen LogP contribution >= 0.6 is 11.3 Å². The van der Waals surface area contributed by atoms with Crippen LogP contribution < -0.4 is 14.8 Å². The summed E-state index contributed by atoms with van der Waals surface area (Å²) < 4.78 is 16.9. The smallest absolute Gasteiger partial charge is 0.410 e. The molecule has 1 amide bonds. The van der Waals surface area contributed by atoms with Crippen LogP contribution in [0.25, 0.3) is 0 Å². The van der Waals surface area contributed by atoms with Gasteiger partial charge in [0.2, 0.25) is 5.60 Å². The van der Waals surface area contributed by atoms with Crippen LogP contribution in [0.1, 0.15) is 68.3 Å². The van der Waals surface area contributed by atoms with E-state index in [2.05, 4.69) is 11.4 Å². The predicted octanol–water partition coefficient (Wildman–Crippen LogP) is 4.86. The number of carboxylic acid groups (broad SMARTS) is 2. The van der Waals surface area contributed by atoms with Crippen LogP contribution in [-0.4, -0.2) is 64.0 Å². The first-order valence-corrected chi connectivity index (χ1v) is 14.4. The first-order valence-electron chi connectivity index (χ1n) is 13.5. The monoisotopic (exact) mass is 576 g/mol. The molecule has 1 aliphatic heterocycles. The molecular formula is C29H40N2O8S. The first kappa shape index (κ1) is 31.2. The number of fused-ring (bicyclic) bond motifs is 1. The number of ether oxygens (including phenoxy) is 3. The van der Waals surface area contributed by atoms with Crippen LogP contribution in [0, 0.1) is 0 Å². The molecule has 0 spiro atoms. The van der Waals surface area contributed by atoms with Crippen LogP contribution in [-0.2, 0) is 40.3 Å². The van der Waals surface area contributed by atoms with Crippen molar-refractivity contribution in [2.45, 2.75) is 84.6 Å². The summed E-state index contributed by atoms with van der Waals surface area (Å²) in [5, 5.41) is 22.3. The lowest BCUT2D eigenvalue weighted by Gasteiger charge is -2.29. The number of nitrogens with one attached hydrogen (secondary N) is 1. The molecule has 1 aromatic carbocycles. The molecule has 40 heavy (non-hydrogen) atoms. The molecule has 2 aromatic rings. The van der Waals surface area contributed by atoms with E-state index in [1.54, 1.807) is 42.2 Å². The van der Waals surface area contributed by atoms with Crippen LogP contribution in [0.2, 0.25) is 0 Å². The lowest BCUT2D eigenvalue weighted by molar-refractivity contribution is -0.156. The number of carbonyl (C=O) groups excluding carboxylic acids is 1. The third kappa shape index (κ3) is 8.34. The van der Waals surface area contributed by atoms with E-state index in [9.17, 15) is 19.5 Å². The van der Waals surface area contributed by atoms with E-state index in [0.29, 0.717) is 32.6 Å². The van der Waals surface area contributed by atoms with Crippen LogP contribution in [0.15, 0.2) is 24.3 Å². The highest BCUT2D eigenvalue weighted by molar-refractivity contribution is 7.12. The highest BCUT2D eigenvalue weighted by Gasteiger charge is 2.38. The standard InChI is InChI=1S/C29H40N2O8S/c1-6-29(7-2,26(34)35)38-22-9-8-19(14-23(22)37-18-25(32)33)10-12-30-16-21-15-20-17-31(13-11-24(20)40-21)27(36)39-28(3,4)5/h8-9,14-15,30H,6-7,10-13,16-18H2,1-5H3,(H,32,33)(H,34,35). The molecule has 3 N–H and O–H groups in total. The minimum absolute atomic E-state index is 0.202. The molecule has 1 aromatic heterocycles. The van der Waals surface area contributed by atoms with Gasteiger partial charge in [-0.1, -0.05) is 19.9 Å². The fraction of sp³-hybridized carbons (Fsp3) is 0.552. The van der Waals surface area contributed by atoms with Gasteiger partial charge in [0.25, 0.3) is 0 Å². The van der Waals surface area contributed by atoms with Crippen molar-refractivity contribution in [2.75, 3.05) is 19.7 Å². The van der Waals surface area contributed by atoms with Crippen LogP contribution in [0.4, 0.5) is 4.79 Å². The lowest BCUT2D eigenvalue weighted by atomic mass is 9.97. The van der Waals surface area contributed by atoms with Gasteiger partial charge in [-0.25, -0.2) is 14.4 Å². The van der Waals surface area contributed by atoms with Gasteiger partial charge in [0.05, 0.1) is 6.54 Å². The molecule has 0 radical (unpaired) electrons. The number of thiophene rings is 1. The third-order valence-electron chi connectivity index (χ3n) is 6.66. The zero-order valence-corrected chi connectivity index (χ0v) is 24.7. The van der Waals surface area contributed by atoms with E-state index >= 15 is 0 Å². The summed E-state index contributed by atoms with van der Waals surface area (Å²) in [5.74, 6) is -1.81. The Morgan fingerprint density at radius 2 is 1.80 bits per heavy atom. The fourth-order valence-electron chi connectivity index (χ4n) is 4.40. The Bertz CT molecular complexity index is 1200. The van der Waals surface area contributed by atoms with Gasteiger partial charge in [-0.05, 0) is 82.3 Å². The predicted molar refractivity (Wildman–Crippen MR) is 151 cm³/mol. The zero-order valence-electron chi connectivity index (χ0n) is 23.9. The molecule has 0 bridgehead atoms. The quantitative estimate of drug-likeness (QED) is 0.286. The molecular weight excluding hydrogens is 536 g/mol. The van der Waals surface area contributed by atoms with Crippen LogP contribution in [0.5, 0.6) is 11.5 Å². The molecule has 11 heteroatoms. The number of rotatable bonds is 13. The Labute approximate surface area is 239 Å². The molecule has 1 aliphatic rings. The van der Waals surface area contributed by atoms with Gasteiger partial charge in [-0.2, -0.15) is 0 Å². The summed E-state index contributed by atoms with van der Waals surface area (Å²) in [6.07, 6.45) is 1.66. The molecule has 0 unspecified atom stereocenters. The van der Waals surface area contributed by atoms with Crippen molar-refractivity contribution in [1.29, 1.82) is 0 Å². The van der Waals surface area contributed by atoms with Crippen LogP contribution in [0.3, 0.4) is 0 Å². The Balaban J connectivity index is 1.59. The molecule has 0 atom stereocenters. The molecule has 3 rings (SSSR count). The molecule has 0 saturated carbocycles. The summed E-state index contributed by atoms with van der Waals surface area (Å²) >= 11 is 1.75. The number of aliphatic carboxylic acids is 2. The number of hydrogen-bond donors (Lipinski definition) is 3. The van der Waals surface area contributed by atoms with Crippen molar-refractivity contribution in [2.24, 2.45) is 0 Å².